The summed E-state index contributed by atoms with van der Waals surface area (Å²) in [4.78, 5) is 0. The minimum atomic E-state index is -4.74. The van der Waals surface area contributed by atoms with Crippen molar-refractivity contribution in [3.05, 3.63) is 49.7 Å². The molecule has 1 aromatic heterocycles. The summed E-state index contributed by atoms with van der Waals surface area (Å²) >= 11 is 3.63. The number of hydrogen-bond acceptors (Lipinski definition) is 4. The number of nitrogens with two attached hydrogens (primary N) is 1. The maximum absolute atomic E-state index is 12.4. The second-order valence-electron chi connectivity index (χ2n) is 3.87. The van der Waals surface area contributed by atoms with Gasteiger partial charge < -0.3 is 4.74 Å². The van der Waals surface area contributed by atoms with Crippen molar-refractivity contribution in [1.82, 2.24) is 5.43 Å². The Kier molecular flexibility index (Phi) is 4.89. The highest BCUT2D eigenvalue weighted by molar-refractivity contribution is 14.1. The van der Waals surface area contributed by atoms with E-state index in [1.165, 1.54) is 23.5 Å². The largest absolute Gasteiger partial charge is 0.573 e. The third kappa shape index (κ3) is 3.84. The third-order valence-electron chi connectivity index (χ3n) is 2.54. The first-order chi connectivity index (χ1) is 9.40. The van der Waals surface area contributed by atoms with E-state index in [1.54, 1.807) is 12.1 Å². The van der Waals surface area contributed by atoms with Gasteiger partial charge in [-0.25, -0.2) is 5.43 Å². The molecule has 0 aliphatic rings. The summed E-state index contributed by atoms with van der Waals surface area (Å²) in [6.45, 7) is 0. The van der Waals surface area contributed by atoms with Crippen molar-refractivity contribution in [2.24, 2.45) is 5.84 Å². The van der Waals surface area contributed by atoms with Crippen molar-refractivity contribution in [1.29, 1.82) is 0 Å². The molecular formula is C12H10F3IN2OS. The molecule has 3 N–H and O–H groups in total. The van der Waals surface area contributed by atoms with Gasteiger partial charge in [0.1, 0.15) is 5.75 Å². The van der Waals surface area contributed by atoms with Crippen LogP contribution >= 0.6 is 33.9 Å². The number of nitrogens with one attached hydrogen (secondary N) is 1. The summed E-state index contributed by atoms with van der Waals surface area (Å²) in [6, 6.07) is 7.24. The zero-order valence-corrected chi connectivity index (χ0v) is 12.9. The van der Waals surface area contributed by atoms with Crippen molar-refractivity contribution in [2.75, 3.05) is 0 Å². The minimum absolute atomic E-state index is 0.260. The molecule has 0 aliphatic heterocycles. The number of ether oxygens (including phenoxy) is 1. The molecule has 1 aromatic carbocycles. The maximum Gasteiger partial charge on any atom is 0.573 e. The van der Waals surface area contributed by atoms with Gasteiger partial charge in [0.15, 0.2) is 0 Å². The molecule has 1 heterocycles. The fraction of sp³-hybridized carbons (Fsp3) is 0.167. The Labute approximate surface area is 131 Å². The van der Waals surface area contributed by atoms with Gasteiger partial charge in [0.2, 0.25) is 0 Å². The molecule has 0 radical (unpaired) electrons. The smallest absolute Gasteiger partial charge is 0.405 e. The highest BCUT2D eigenvalue weighted by atomic mass is 127. The van der Waals surface area contributed by atoms with Crippen LogP contribution in [-0.2, 0) is 0 Å². The second-order valence-corrected chi connectivity index (χ2v) is 6.67. The van der Waals surface area contributed by atoms with E-state index in [1.807, 2.05) is 11.4 Å². The summed E-state index contributed by atoms with van der Waals surface area (Å²) in [6.07, 6.45) is -4.74. The van der Waals surface area contributed by atoms with Crippen LogP contribution in [0.25, 0.3) is 0 Å². The molecule has 0 saturated carbocycles. The van der Waals surface area contributed by atoms with E-state index in [-0.39, 0.29) is 5.75 Å². The Hall–Kier alpha value is -0.840. The number of alkyl halides is 3. The highest BCUT2D eigenvalue weighted by Gasteiger charge is 2.33. The summed E-state index contributed by atoms with van der Waals surface area (Å²) in [5.41, 5.74) is 3.66. The molecule has 1 atom stereocenters. The first-order valence-electron chi connectivity index (χ1n) is 5.45. The van der Waals surface area contributed by atoms with Crippen molar-refractivity contribution in [3.8, 4) is 5.75 Å². The maximum atomic E-state index is 12.4. The molecule has 0 amide bonds. The molecule has 3 nitrogen and oxygen atoms in total. The molecule has 8 heteroatoms. The lowest BCUT2D eigenvalue weighted by molar-refractivity contribution is -0.275. The first-order valence-corrected chi connectivity index (χ1v) is 7.41. The number of para-hydroxylation sites is 1. The van der Waals surface area contributed by atoms with Crippen LogP contribution in [0.5, 0.6) is 5.75 Å². The fourth-order valence-electron chi connectivity index (χ4n) is 1.78. The van der Waals surface area contributed by atoms with E-state index >= 15 is 0 Å². The van der Waals surface area contributed by atoms with Gasteiger partial charge in [-0.3, -0.25) is 5.84 Å². The predicted molar refractivity (Wildman–Crippen MR) is 79.3 cm³/mol. The monoisotopic (exact) mass is 414 g/mol. The van der Waals surface area contributed by atoms with Crippen molar-refractivity contribution < 1.29 is 17.9 Å². The lowest BCUT2D eigenvalue weighted by Crippen LogP contribution is -2.29. The lowest BCUT2D eigenvalue weighted by atomic mass is 10.0. The van der Waals surface area contributed by atoms with E-state index in [9.17, 15) is 13.2 Å². The van der Waals surface area contributed by atoms with E-state index in [2.05, 4.69) is 32.8 Å². The summed E-state index contributed by atoms with van der Waals surface area (Å²) in [7, 11) is 0. The number of benzene rings is 1. The molecule has 0 spiro atoms. The minimum Gasteiger partial charge on any atom is -0.405 e. The topological polar surface area (TPSA) is 47.3 Å². The predicted octanol–water partition coefficient (Wildman–Crippen LogP) is 3.80. The standard InChI is InChI=1S/C12H10F3IN2OS/c13-12(14,15)19-9-4-2-1-3-8(9)11(18-17)7-5-10(16)20-6-7/h1-6,11,18H,17H2. The number of hydrazine groups is 1. The Balaban J connectivity index is 2.39. The highest BCUT2D eigenvalue weighted by Crippen LogP contribution is 2.34. The molecule has 0 fully saturated rings. The van der Waals surface area contributed by atoms with Gasteiger partial charge in [-0.1, -0.05) is 18.2 Å². The van der Waals surface area contributed by atoms with Crippen LogP contribution in [0, 0.1) is 2.88 Å². The van der Waals surface area contributed by atoms with Crippen LogP contribution in [0.15, 0.2) is 35.7 Å². The van der Waals surface area contributed by atoms with Gasteiger partial charge >= 0.3 is 6.36 Å². The van der Waals surface area contributed by atoms with Crippen LogP contribution in [0.1, 0.15) is 17.2 Å². The zero-order valence-electron chi connectivity index (χ0n) is 9.95. The van der Waals surface area contributed by atoms with E-state index in [0.29, 0.717) is 5.56 Å². The van der Waals surface area contributed by atoms with Crippen molar-refractivity contribution in [3.63, 3.8) is 0 Å². The third-order valence-corrected chi connectivity index (χ3v) is 4.35. The van der Waals surface area contributed by atoms with Crippen LogP contribution in [0.3, 0.4) is 0 Å². The average molecular weight is 414 g/mol. The lowest BCUT2D eigenvalue weighted by Gasteiger charge is -2.19. The van der Waals surface area contributed by atoms with Gasteiger partial charge in [-0.05, 0) is 45.7 Å². The molecule has 0 aliphatic carbocycles. The number of hydrogen-bond donors (Lipinski definition) is 2. The normalized spacial score (nSPS) is 13.2. The molecule has 2 rings (SSSR count). The zero-order chi connectivity index (χ0) is 14.8. The van der Waals surface area contributed by atoms with Gasteiger partial charge in [-0.15, -0.1) is 24.5 Å². The van der Waals surface area contributed by atoms with E-state index < -0.39 is 12.4 Å². The SMILES string of the molecule is NNC(c1csc(I)c1)c1ccccc1OC(F)(F)F. The van der Waals surface area contributed by atoms with Crippen molar-refractivity contribution >= 4 is 33.9 Å². The average Bonchev–Trinajstić information content (AvgIpc) is 2.77. The number of thiophene rings is 1. The first kappa shape index (κ1) is 15.5. The van der Waals surface area contributed by atoms with Crippen LogP contribution in [0.2, 0.25) is 0 Å². The molecule has 0 saturated heterocycles. The van der Waals surface area contributed by atoms with Gasteiger partial charge in [-0.2, -0.15) is 0 Å². The number of halogens is 4. The molecular weight excluding hydrogens is 404 g/mol. The summed E-state index contributed by atoms with van der Waals surface area (Å²) in [5.74, 6) is 5.23. The Morgan fingerprint density at radius 1 is 1.30 bits per heavy atom. The Morgan fingerprint density at radius 3 is 2.55 bits per heavy atom. The molecule has 2 aromatic rings. The van der Waals surface area contributed by atoms with E-state index in [4.69, 9.17) is 5.84 Å². The Bertz CT molecular complexity index is 588. The van der Waals surface area contributed by atoms with Crippen molar-refractivity contribution in [2.45, 2.75) is 12.4 Å². The molecule has 108 valence electrons. The number of rotatable bonds is 4. The second kappa shape index (κ2) is 6.29. The Morgan fingerprint density at radius 2 is 2.00 bits per heavy atom. The van der Waals surface area contributed by atoms with E-state index in [0.717, 1.165) is 8.45 Å². The van der Waals surface area contributed by atoms with Crippen LogP contribution < -0.4 is 16.0 Å². The molecule has 1 unspecified atom stereocenters. The van der Waals surface area contributed by atoms with Crippen LogP contribution in [-0.4, -0.2) is 6.36 Å². The van der Waals surface area contributed by atoms with Gasteiger partial charge in [0, 0.05) is 5.56 Å². The molecule has 20 heavy (non-hydrogen) atoms. The molecule has 0 bridgehead atoms. The van der Waals surface area contributed by atoms with Gasteiger partial charge in [0.05, 0.1) is 8.93 Å². The summed E-state index contributed by atoms with van der Waals surface area (Å²) < 4.78 is 42.3. The quantitative estimate of drug-likeness (QED) is 0.455. The summed E-state index contributed by atoms with van der Waals surface area (Å²) in [5, 5.41) is 1.84. The fourth-order valence-corrected chi connectivity index (χ4v) is 3.17. The van der Waals surface area contributed by atoms with Crippen LogP contribution in [0.4, 0.5) is 13.2 Å². The van der Waals surface area contributed by atoms with Gasteiger partial charge in [0.25, 0.3) is 0 Å².